The molecule has 0 atom stereocenters. The van der Waals surface area contributed by atoms with E-state index >= 15 is 0 Å². The third-order valence-electron chi connectivity index (χ3n) is 2.96. The molecule has 1 heteroatoms. The highest BCUT2D eigenvalue weighted by atomic mass is 15.1. The summed E-state index contributed by atoms with van der Waals surface area (Å²) in [6.07, 6.45) is 9.71. The zero-order valence-electron chi connectivity index (χ0n) is 8.84. The SMILES string of the molecule is CC#CCN1CCC2=C1C=CCCC2. The second kappa shape index (κ2) is 4.37. The molecule has 0 saturated carbocycles. The van der Waals surface area contributed by atoms with Gasteiger partial charge in [0.2, 0.25) is 0 Å². The Balaban J connectivity index is 2.13. The first-order valence-electron chi connectivity index (χ1n) is 5.45. The van der Waals surface area contributed by atoms with E-state index in [0.29, 0.717) is 0 Å². The van der Waals surface area contributed by atoms with E-state index in [0.717, 1.165) is 6.54 Å². The molecule has 0 N–H and O–H groups in total. The summed E-state index contributed by atoms with van der Waals surface area (Å²) in [4.78, 5) is 2.41. The van der Waals surface area contributed by atoms with Gasteiger partial charge in [0.05, 0.1) is 6.54 Å². The fourth-order valence-corrected chi connectivity index (χ4v) is 2.19. The largest absolute Gasteiger partial charge is 0.360 e. The molecule has 74 valence electrons. The lowest BCUT2D eigenvalue weighted by Crippen LogP contribution is -2.18. The van der Waals surface area contributed by atoms with Crippen LogP contribution in [-0.2, 0) is 0 Å². The van der Waals surface area contributed by atoms with Crippen LogP contribution in [0.1, 0.15) is 32.6 Å². The van der Waals surface area contributed by atoms with Crippen molar-refractivity contribution < 1.29 is 0 Å². The third-order valence-corrected chi connectivity index (χ3v) is 2.96. The molecule has 0 aromatic rings. The number of hydrogen-bond acceptors (Lipinski definition) is 1. The lowest BCUT2D eigenvalue weighted by Gasteiger charge is -2.16. The summed E-state index contributed by atoms with van der Waals surface area (Å²) in [5.74, 6) is 6.12. The van der Waals surface area contributed by atoms with Gasteiger partial charge in [0.15, 0.2) is 0 Å². The Hall–Kier alpha value is -1.16. The van der Waals surface area contributed by atoms with Crippen molar-refractivity contribution in [1.82, 2.24) is 4.90 Å². The summed E-state index contributed by atoms with van der Waals surface area (Å²) in [7, 11) is 0. The molecule has 0 spiro atoms. The first-order valence-corrected chi connectivity index (χ1v) is 5.45. The summed E-state index contributed by atoms with van der Waals surface area (Å²) in [6, 6.07) is 0. The molecule has 0 aromatic carbocycles. The van der Waals surface area contributed by atoms with Crippen molar-refractivity contribution >= 4 is 0 Å². The quantitative estimate of drug-likeness (QED) is 0.570. The minimum atomic E-state index is 0.902. The van der Waals surface area contributed by atoms with Gasteiger partial charge in [0.25, 0.3) is 0 Å². The van der Waals surface area contributed by atoms with Gasteiger partial charge in [-0.1, -0.05) is 12.0 Å². The molecule has 1 aliphatic carbocycles. The van der Waals surface area contributed by atoms with Crippen LogP contribution in [0.15, 0.2) is 23.4 Å². The zero-order chi connectivity index (χ0) is 9.80. The molecule has 1 nitrogen and oxygen atoms in total. The van der Waals surface area contributed by atoms with Crippen molar-refractivity contribution in [3.63, 3.8) is 0 Å². The summed E-state index contributed by atoms with van der Waals surface area (Å²) < 4.78 is 0. The lowest BCUT2D eigenvalue weighted by atomic mass is 10.1. The van der Waals surface area contributed by atoms with Gasteiger partial charge < -0.3 is 4.90 Å². The van der Waals surface area contributed by atoms with E-state index in [-0.39, 0.29) is 0 Å². The normalized spacial score (nSPS) is 20.2. The van der Waals surface area contributed by atoms with Crippen LogP contribution in [0.2, 0.25) is 0 Å². The molecule has 2 aliphatic rings. The number of hydrogen-bond donors (Lipinski definition) is 0. The lowest BCUT2D eigenvalue weighted by molar-refractivity contribution is 0.434. The molecular formula is C13H17N. The van der Waals surface area contributed by atoms with Crippen molar-refractivity contribution in [3.8, 4) is 11.8 Å². The average molecular weight is 187 g/mol. The Morgan fingerprint density at radius 1 is 1.43 bits per heavy atom. The van der Waals surface area contributed by atoms with Gasteiger partial charge in [-0.3, -0.25) is 0 Å². The van der Waals surface area contributed by atoms with Crippen LogP contribution in [-0.4, -0.2) is 18.0 Å². The van der Waals surface area contributed by atoms with Gasteiger partial charge >= 0.3 is 0 Å². The van der Waals surface area contributed by atoms with Crippen LogP contribution < -0.4 is 0 Å². The number of allylic oxidation sites excluding steroid dienone is 2. The molecule has 1 aliphatic heterocycles. The fourth-order valence-electron chi connectivity index (χ4n) is 2.19. The van der Waals surface area contributed by atoms with Crippen LogP contribution in [0.3, 0.4) is 0 Å². The highest BCUT2D eigenvalue weighted by Gasteiger charge is 2.20. The molecule has 0 radical (unpaired) electrons. The van der Waals surface area contributed by atoms with Gasteiger partial charge in [0, 0.05) is 12.2 Å². The third kappa shape index (κ3) is 1.85. The van der Waals surface area contributed by atoms with Crippen molar-refractivity contribution in [1.29, 1.82) is 0 Å². The Morgan fingerprint density at radius 2 is 2.36 bits per heavy atom. The van der Waals surface area contributed by atoms with E-state index in [2.05, 4.69) is 28.9 Å². The van der Waals surface area contributed by atoms with E-state index in [9.17, 15) is 0 Å². The number of rotatable bonds is 1. The van der Waals surface area contributed by atoms with Gasteiger partial charge in [-0.2, -0.15) is 0 Å². The Kier molecular flexibility index (Phi) is 2.93. The van der Waals surface area contributed by atoms with Crippen molar-refractivity contribution in [2.24, 2.45) is 0 Å². The summed E-state index contributed by atoms with van der Waals surface area (Å²) in [5.41, 5.74) is 3.11. The molecule has 0 saturated heterocycles. The number of nitrogens with zero attached hydrogens (tertiary/aromatic N) is 1. The summed E-state index contributed by atoms with van der Waals surface area (Å²) >= 11 is 0. The van der Waals surface area contributed by atoms with E-state index < -0.39 is 0 Å². The molecule has 0 bridgehead atoms. The highest BCUT2D eigenvalue weighted by Crippen LogP contribution is 2.29. The topological polar surface area (TPSA) is 3.24 Å². The summed E-state index contributed by atoms with van der Waals surface area (Å²) in [6.45, 7) is 3.98. The molecule has 0 fully saturated rings. The summed E-state index contributed by atoms with van der Waals surface area (Å²) in [5, 5.41) is 0. The zero-order valence-corrected chi connectivity index (χ0v) is 8.84. The maximum atomic E-state index is 3.15. The fraction of sp³-hybridized carbons (Fsp3) is 0.538. The van der Waals surface area contributed by atoms with Crippen LogP contribution in [0.25, 0.3) is 0 Å². The molecule has 1 heterocycles. The monoisotopic (exact) mass is 187 g/mol. The van der Waals surface area contributed by atoms with Crippen LogP contribution in [0, 0.1) is 11.8 Å². The molecule has 0 unspecified atom stereocenters. The Labute approximate surface area is 86.5 Å². The standard InChI is InChI=1S/C13H17N/c1-2-3-10-14-11-9-12-7-5-4-6-8-13(12)14/h6,8H,4-5,7,9-11H2,1H3. The van der Waals surface area contributed by atoms with Gasteiger partial charge in [-0.05, 0) is 44.3 Å². The van der Waals surface area contributed by atoms with Crippen LogP contribution in [0.4, 0.5) is 0 Å². The van der Waals surface area contributed by atoms with E-state index in [1.807, 2.05) is 6.92 Å². The molecule has 14 heavy (non-hydrogen) atoms. The molecule has 2 rings (SSSR count). The van der Waals surface area contributed by atoms with Gasteiger partial charge in [0.1, 0.15) is 0 Å². The van der Waals surface area contributed by atoms with Gasteiger partial charge in [-0.25, -0.2) is 0 Å². The maximum absolute atomic E-state index is 3.15. The predicted octanol–water partition coefficient (Wildman–Crippen LogP) is 2.71. The smallest absolute Gasteiger partial charge is 0.0794 e. The van der Waals surface area contributed by atoms with E-state index in [4.69, 9.17) is 0 Å². The van der Waals surface area contributed by atoms with E-state index in [1.165, 1.54) is 37.9 Å². The first-order chi connectivity index (χ1) is 6.92. The highest BCUT2D eigenvalue weighted by molar-refractivity contribution is 5.31. The molecule has 0 aromatic heterocycles. The molecular weight excluding hydrogens is 170 g/mol. The van der Waals surface area contributed by atoms with Crippen molar-refractivity contribution in [3.05, 3.63) is 23.4 Å². The van der Waals surface area contributed by atoms with Crippen molar-refractivity contribution in [2.75, 3.05) is 13.1 Å². The molecule has 0 amide bonds. The second-order valence-corrected chi connectivity index (χ2v) is 3.88. The van der Waals surface area contributed by atoms with E-state index in [1.54, 1.807) is 5.57 Å². The van der Waals surface area contributed by atoms with Crippen LogP contribution >= 0.6 is 0 Å². The Bertz CT molecular complexity index is 325. The minimum absolute atomic E-state index is 0.902. The predicted molar refractivity (Wildman–Crippen MR) is 59.7 cm³/mol. The minimum Gasteiger partial charge on any atom is -0.360 e. The Morgan fingerprint density at radius 3 is 3.21 bits per heavy atom. The maximum Gasteiger partial charge on any atom is 0.0794 e. The van der Waals surface area contributed by atoms with Gasteiger partial charge in [-0.15, -0.1) is 5.92 Å². The average Bonchev–Trinajstić information content (AvgIpc) is 2.45. The van der Waals surface area contributed by atoms with Crippen molar-refractivity contribution in [2.45, 2.75) is 32.6 Å². The van der Waals surface area contributed by atoms with Crippen LogP contribution in [0.5, 0.6) is 0 Å². The first kappa shape index (κ1) is 9.40. The second-order valence-electron chi connectivity index (χ2n) is 3.88.